The standard InChI is InChI=1S/C22H23F3N2O6/c1-2-31-14-5-7-15(8-6-14)32-11-3-4-20(30)33-13-19(29)26-12-18(28)27-17-10-9-16(23)21(24)22(17)25/h5-10H,2-4,11-13H2,1H3,(H,26,29)(H,27,28). The molecule has 8 nitrogen and oxygen atoms in total. The van der Waals surface area contributed by atoms with Crippen LogP contribution in [0.1, 0.15) is 19.8 Å². The van der Waals surface area contributed by atoms with Gasteiger partial charge in [-0.25, -0.2) is 13.2 Å². The van der Waals surface area contributed by atoms with Gasteiger partial charge in [0, 0.05) is 6.42 Å². The number of nitrogens with one attached hydrogen (secondary N) is 2. The fraction of sp³-hybridized carbons (Fsp3) is 0.318. The van der Waals surface area contributed by atoms with E-state index in [9.17, 15) is 27.6 Å². The van der Waals surface area contributed by atoms with Crippen LogP contribution in [0.4, 0.5) is 18.9 Å². The second-order valence-electron chi connectivity index (χ2n) is 6.56. The molecule has 2 amide bonds. The van der Waals surface area contributed by atoms with Crippen molar-refractivity contribution in [2.75, 3.05) is 31.7 Å². The molecule has 0 aliphatic heterocycles. The molecule has 0 spiro atoms. The number of anilines is 1. The first-order chi connectivity index (χ1) is 15.8. The lowest BCUT2D eigenvalue weighted by Gasteiger charge is -2.09. The van der Waals surface area contributed by atoms with Crippen molar-refractivity contribution >= 4 is 23.5 Å². The highest BCUT2D eigenvalue weighted by Gasteiger charge is 2.16. The number of ether oxygens (including phenoxy) is 3. The summed E-state index contributed by atoms with van der Waals surface area (Å²) in [5, 5.41) is 4.14. The van der Waals surface area contributed by atoms with Crippen molar-refractivity contribution in [2.24, 2.45) is 0 Å². The fourth-order valence-corrected chi connectivity index (χ4v) is 2.47. The summed E-state index contributed by atoms with van der Waals surface area (Å²) in [6, 6.07) is 8.50. The fourth-order valence-electron chi connectivity index (χ4n) is 2.47. The van der Waals surface area contributed by atoms with Crippen molar-refractivity contribution < 1.29 is 41.8 Å². The Kier molecular flexibility index (Phi) is 10.00. The Labute approximate surface area is 188 Å². The zero-order valence-electron chi connectivity index (χ0n) is 17.8. The van der Waals surface area contributed by atoms with E-state index in [0.717, 1.165) is 11.8 Å². The van der Waals surface area contributed by atoms with Gasteiger partial charge in [-0.15, -0.1) is 0 Å². The van der Waals surface area contributed by atoms with E-state index >= 15 is 0 Å². The third-order valence-electron chi connectivity index (χ3n) is 4.05. The van der Waals surface area contributed by atoms with Crippen LogP contribution in [0.15, 0.2) is 36.4 Å². The van der Waals surface area contributed by atoms with Gasteiger partial charge in [-0.05, 0) is 49.7 Å². The monoisotopic (exact) mass is 468 g/mol. The molecule has 0 aliphatic carbocycles. The Balaban J connectivity index is 1.59. The molecule has 0 heterocycles. The van der Waals surface area contributed by atoms with Crippen molar-refractivity contribution in [3.05, 3.63) is 53.8 Å². The second-order valence-corrected chi connectivity index (χ2v) is 6.56. The molecule has 0 unspecified atom stereocenters. The quantitative estimate of drug-likeness (QED) is 0.282. The molecule has 2 N–H and O–H groups in total. The van der Waals surface area contributed by atoms with Crippen molar-refractivity contribution in [3.63, 3.8) is 0 Å². The van der Waals surface area contributed by atoms with E-state index in [0.29, 0.717) is 24.8 Å². The number of amides is 2. The van der Waals surface area contributed by atoms with Crippen molar-refractivity contribution in [1.82, 2.24) is 5.32 Å². The molecule has 0 aromatic heterocycles. The minimum Gasteiger partial charge on any atom is -0.494 e. The average Bonchev–Trinajstić information content (AvgIpc) is 2.80. The minimum atomic E-state index is -1.73. The molecular formula is C22H23F3N2O6. The van der Waals surface area contributed by atoms with Gasteiger partial charge in [0.15, 0.2) is 24.1 Å². The molecule has 2 aromatic carbocycles. The number of carbonyl (C=O) groups is 3. The lowest BCUT2D eigenvalue weighted by molar-refractivity contribution is -0.148. The summed E-state index contributed by atoms with van der Waals surface area (Å²) in [5.74, 6) is -5.63. The number of carbonyl (C=O) groups excluding carboxylic acids is 3. The maximum Gasteiger partial charge on any atom is 0.306 e. The Hall–Kier alpha value is -3.76. The molecule has 178 valence electrons. The first-order valence-electron chi connectivity index (χ1n) is 10.0. The molecule has 2 rings (SSSR count). The van der Waals surface area contributed by atoms with Crippen LogP contribution in [-0.2, 0) is 19.1 Å². The van der Waals surface area contributed by atoms with Gasteiger partial charge in [-0.2, -0.15) is 0 Å². The third-order valence-corrected chi connectivity index (χ3v) is 4.05. The third kappa shape index (κ3) is 8.71. The maximum absolute atomic E-state index is 13.5. The predicted molar refractivity (Wildman–Crippen MR) is 111 cm³/mol. The molecule has 0 radical (unpaired) electrons. The topological polar surface area (TPSA) is 103 Å². The Bertz CT molecular complexity index is 969. The van der Waals surface area contributed by atoms with Gasteiger partial charge in [0.2, 0.25) is 5.91 Å². The van der Waals surface area contributed by atoms with Crippen molar-refractivity contribution in [2.45, 2.75) is 19.8 Å². The number of halogens is 3. The summed E-state index contributed by atoms with van der Waals surface area (Å²) in [6.07, 6.45) is 0.371. The van der Waals surface area contributed by atoms with Gasteiger partial charge in [-0.1, -0.05) is 0 Å². The Morgan fingerprint density at radius 1 is 0.879 bits per heavy atom. The summed E-state index contributed by atoms with van der Waals surface area (Å²) in [4.78, 5) is 35.1. The maximum atomic E-state index is 13.5. The first kappa shape index (κ1) is 25.5. The van der Waals surface area contributed by atoms with E-state index in [4.69, 9.17) is 14.2 Å². The average molecular weight is 468 g/mol. The van der Waals surface area contributed by atoms with E-state index in [-0.39, 0.29) is 13.0 Å². The highest BCUT2D eigenvalue weighted by Crippen LogP contribution is 2.19. The SMILES string of the molecule is CCOc1ccc(OCCCC(=O)OCC(=O)NCC(=O)Nc2ccc(F)c(F)c2F)cc1. The van der Waals surface area contributed by atoms with Crippen LogP contribution in [0.2, 0.25) is 0 Å². The lowest BCUT2D eigenvalue weighted by atomic mass is 10.2. The normalized spacial score (nSPS) is 10.3. The molecule has 0 saturated carbocycles. The zero-order chi connectivity index (χ0) is 24.2. The summed E-state index contributed by atoms with van der Waals surface area (Å²) < 4.78 is 55.1. The van der Waals surface area contributed by atoms with Crippen molar-refractivity contribution in [3.8, 4) is 11.5 Å². The van der Waals surface area contributed by atoms with Crippen LogP contribution in [-0.4, -0.2) is 44.1 Å². The van der Waals surface area contributed by atoms with E-state index in [1.54, 1.807) is 24.3 Å². The van der Waals surface area contributed by atoms with Crippen LogP contribution in [0.3, 0.4) is 0 Å². The smallest absolute Gasteiger partial charge is 0.306 e. The first-order valence-corrected chi connectivity index (χ1v) is 10.0. The highest BCUT2D eigenvalue weighted by molar-refractivity contribution is 5.94. The lowest BCUT2D eigenvalue weighted by Crippen LogP contribution is -2.35. The van der Waals surface area contributed by atoms with Gasteiger partial charge in [0.05, 0.1) is 25.4 Å². The Morgan fingerprint density at radius 3 is 2.21 bits per heavy atom. The minimum absolute atomic E-state index is 0.0141. The summed E-state index contributed by atoms with van der Waals surface area (Å²) in [7, 11) is 0. The van der Waals surface area contributed by atoms with E-state index in [1.165, 1.54) is 0 Å². The summed E-state index contributed by atoms with van der Waals surface area (Å²) in [6.45, 7) is 1.49. The molecule has 0 fully saturated rings. The number of benzene rings is 2. The van der Waals surface area contributed by atoms with E-state index in [1.807, 2.05) is 12.2 Å². The molecule has 11 heteroatoms. The van der Waals surface area contributed by atoms with Gasteiger partial charge in [0.25, 0.3) is 5.91 Å². The number of rotatable bonds is 12. The number of esters is 1. The molecule has 0 bridgehead atoms. The highest BCUT2D eigenvalue weighted by atomic mass is 19.2. The van der Waals surface area contributed by atoms with Crippen LogP contribution >= 0.6 is 0 Å². The van der Waals surface area contributed by atoms with Crippen LogP contribution in [0, 0.1) is 17.5 Å². The molecular weight excluding hydrogens is 445 g/mol. The van der Waals surface area contributed by atoms with Crippen LogP contribution < -0.4 is 20.1 Å². The van der Waals surface area contributed by atoms with Gasteiger partial charge in [0.1, 0.15) is 11.5 Å². The summed E-state index contributed by atoms with van der Waals surface area (Å²) in [5.41, 5.74) is -0.577. The summed E-state index contributed by atoms with van der Waals surface area (Å²) >= 11 is 0. The predicted octanol–water partition coefficient (Wildman–Crippen LogP) is 2.96. The largest absolute Gasteiger partial charge is 0.494 e. The van der Waals surface area contributed by atoms with Crippen LogP contribution in [0.25, 0.3) is 0 Å². The number of hydrogen-bond acceptors (Lipinski definition) is 6. The molecule has 0 atom stereocenters. The molecule has 0 saturated heterocycles. The van der Waals surface area contributed by atoms with Gasteiger partial charge in [-0.3, -0.25) is 14.4 Å². The van der Waals surface area contributed by atoms with E-state index in [2.05, 4.69) is 5.32 Å². The molecule has 0 aliphatic rings. The Morgan fingerprint density at radius 2 is 1.55 bits per heavy atom. The van der Waals surface area contributed by atoms with Crippen LogP contribution in [0.5, 0.6) is 11.5 Å². The zero-order valence-corrected chi connectivity index (χ0v) is 17.8. The second kappa shape index (κ2) is 12.9. The molecule has 2 aromatic rings. The van der Waals surface area contributed by atoms with E-state index < -0.39 is 54.1 Å². The molecule has 33 heavy (non-hydrogen) atoms. The van der Waals surface area contributed by atoms with Crippen molar-refractivity contribution in [1.29, 1.82) is 0 Å². The van der Waals surface area contributed by atoms with Gasteiger partial charge >= 0.3 is 5.97 Å². The number of hydrogen-bond donors (Lipinski definition) is 2. The van der Waals surface area contributed by atoms with Gasteiger partial charge < -0.3 is 24.8 Å².